The van der Waals surface area contributed by atoms with Crippen LogP contribution in [0.15, 0.2) is 0 Å². The monoisotopic (exact) mass is 687 g/mol. The molecule has 3 heterocycles. The molecule has 3 rings (SSSR count). The number of esters is 1. The van der Waals surface area contributed by atoms with Gasteiger partial charge in [-0.25, -0.2) is 0 Å². The van der Waals surface area contributed by atoms with E-state index < -0.39 is 89.9 Å². The Balaban J connectivity index is 2.13. The Hall–Kier alpha value is -1.22. The second kappa shape index (κ2) is 16.9. The van der Waals surface area contributed by atoms with Gasteiger partial charge in [0.15, 0.2) is 12.6 Å². The van der Waals surface area contributed by atoms with Crippen LogP contribution in [0.5, 0.6) is 0 Å². The van der Waals surface area contributed by atoms with Crippen molar-refractivity contribution >= 4 is 11.8 Å². The zero-order valence-corrected chi connectivity index (χ0v) is 31.3. The van der Waals surface area contributed by atoms with E-state index in [1.165, 1.54) is 0 Å². The van der Waals surface area contributed by atoms with Crippen molar-refractivity contribution in [2.75, 3.05) is 14.2 Å². The number of hydrogen-bond acceptors (Lipinski definition) is 12. The first-order chi connectivity index (χ1) is 22.3. The summed E-state index contributed by atoms with van der Waals surface area (Å²) in [4.78, 5) is 27.7. The zero-order chi connectivity index (χ0) is 36.3. The Morgan fingerprint density at radius 3 is 2.10 bits per heavy atom. The van der Waals surface area contributed by atoms with Gasteiger partial charge in [0.25, 0.3) is 0 Å². The zero-order valence-electron chi connectivity index (χ0n) is 31.3. The second-order valence-corrected chi connectivity index (χ2v) is 15.6. The third-order valence-electron chi connectivity index (χ3n) is 11.2. The van der Waals surface area contributed by atoms with Crippen molar-refractivity contribution in [3.8, 4) is 0 Å². The molecule has 17 atom stereocenters. The Labute approximate surface area is 287 Å². The fourth-order valence-corrected chi connectivity index (χ4v) is 8.21. The molecule has 0 aromatic rings. The predicted octanol–water partition coefficient (Wildman–Crippen LogP) is 3.36. The minimum absolute atomic E-state index is 0.0123. The molecule has 0 unspecified atom stereocenters. The summed E-state index contributed by atoms with van der Waals surface area (Å²) in [6, 6.07) is -0.321. The molecule has 280 valence electrons. The summed E-state index contributed by atoms with van der Waals surface area (Å²) in [6.07, 6.45) is -5.05. The van der Waals surface area contributed by atoms with Gasteiger partial charge in [0.1, 0.15) is 18.0 Å². The quantitative estimate of drug-likeness (QED) is 0.289. The number of methoxy groups -OCH3 is 1. The third kappa shape index (κ3) is 9.55. The molecule has 0 aromatic carbocycles. The van der Waals surface area contributed by atoms with Crippen molar-refractivity contribution < 1.29 is 53.3 Å². The van der Waals surface area contributed by atoms with Gasteiger partial charge in [-0.2, -0.15) is 0 Å². The van der Waals surface area contributed by atoms with E-state index >= 15 is 0 Å². The highest BCUT2D eigenvalue weighted by Crippen LogP contribution is 2.40. The van der Waals surface area contributed by atoms with Crippen molar-refractivity contribution in [1.82, 2.24) is 5.32 Å². The second-order valence-electron chi connectivity index (χ2n) is 15.6. The van der Waals surface area contributed by atoms with Gasteiger partial charge in [-0.1, -0.05) is 34.6 Å². The van der Waals surface area contributed by atoms with Gasteiger partial charge in [0, 0.05) is 49.7 Å². The summed E-state index contributed by atoms with van der Waals surface area (Å²) >= 11 is 0. The highest BCUT2D eigenvalue weighted by molar-refractivity contribution is 5.83. The number of aliphatic hydroxyl groups excluding tert-OH is 2. The van der Waals surface area contributed by atoms with E-state index in [0.29, 0.717) is 25.7 Å². The summed E-state index contributed by atoms with van der Waals surface area (Å²) in [5.74, 6) is -4.29. The Morgan fingerprint density at radius 2 is 1.52 bits per heavy atom. The molecule has 3 aliphatic heterocycles. The molecule has 0 spiro atoms. The van der Waals surface area contributed by atoms with E-state index in [-0.39, 0.29) is 30.5 Å². The predicted molar refractivity (Wildman–Crippen MR) is 179 cm³/mol. The lowest BCUT2D eigenvalue weighted by Gasteiger charge is -2.47. The largest absolute Gasteiger partial charge is 0.462 e. The van der Waals surface area contributed by atoms with Gasteiger partial charge in [-0.05, 0) is 60.9 Å². The van der Waals surface area contributed by atoms with Gasteiger partial charge < -0.3 is 49.1 Å². The van der Waals surface area contributed by atoms with Gasteiger partial charge >= 0.3 is 5.97 Å². The summed E-state index contributed by atoms with van der Waals surface area (Å²) < 4.78 is 37.5. The van der Waals surface area contributed by atoms with Crippen LogP contribution < -0.4 is 5.32 Å². The molecular formula is C36H65NO11. The number of likely N-dealkylation sites (N-methyl/N-ethyl adjacent to an activating group) is 1. The van der Waals surface area contributed by atoms with Crippen molar-refractivity contribution in [2.45, 2.75) is 174 Å². The van der Waals surface area contributed by atoms with Crippen molar-refractivity contribution in [3.63, 3.8) is 0 Å². The maximum atomic E-state index is 14.0. The van der Waals surface area contributed by atoms with Crippen LogP contribution in [0.1, 0.15) is 101 Å². The Kier molecular flexibility index (Phi) is 14.5. The molecule has 12 nitrogen and oxygen atoms in total. The van der Waals surface area contributed by atoms with E-state index in [1.807, 2.05) is 34.6 Å². The Morgan fingerprint density at radius 1 is 0.875 bits per heavy atom. The molecule has 48 heavy (non-hydrogen) atoms. The van der Waals surface area contributed by atoms with Crippen LogP contribution in [0, 0.1) is 29.6 Å². The van der Waals surface area contributed by atoms with Crippen molar-refractivity contribution in [3.05, 3.63) is 0 Å². The summed E-state index contributed by atoms with van der Waals surface area (Å²) in [5, 5.41) is 38.0. The van der Waals surface area contributed by atoms with Crippen LogP contribution in [0.25, 0.3) is 0 Å². The van der Waals surface area contributed by atoms with Crippen LogP contribution >= 0.6 is 0 Å². The summed E-state index contributed by atoms with van der Waals surface area (Å²) in [5.41, 5.74) is -2.20. The fourth-order valence-electron chi connectivity index (χ4n) is 8.21. The molecule has 3 saturated heterocycles. The molecule has 0 radical (unpaired) electrons. The third-order valence-corrected chi connectivity index (χ3v) is 11.2. The number of carbonyl (C=O) groups is 2. The van der Waals surface area contributed by atoms with Crippen LogP contribution in [-0.2, 0) is 38.0 Å². The summed E-state index contributed by atoms with van der Waals surface area (Å²) in [6.45, 7) is 18.0. The van der Waals surface area contributed by atoms with Crippen LogP contribution in [-0.4, -0.2) is 114 Å². The van der Waals surface area contributed by atoms with Crippen molar-refractivity contribution in [1.29, 1.82) is 0 Å². The number of hydrogen-bond donors (Lipinski definition) is 4. The van der Waals surface area contributed by atoms with E-state index in [2.05, 4.69) is 5.32 Å². The summed E-state index contributed by atoms with van der Waals surface area (Å²) in [7, 11) is 3.41. The maximum absolute atomic E-state index is 14.0. The standard InChI is InChI=1S/C36H65NO11/c1-13-26-21(5)29(39)22(6)28(38)18(2)15-36(10,42)32(48-34-30(40)25(37-11)14-19(3)45-34)23(7)31(24(8)33(41)46-26)47-27-17-35(9,43-12)16-20(4)44-27/h18-27,29-32,34,37,39-40,42H,13-17H2,1-12H3/t18-,19-,20+,21+,22-,23-,24-,25+,26+,27+,29+,30-,31+,32-,34+,35+,36-/m1/s1. The normalized spacial score (nSPS) is 48.9. The number of aliphatic hydroxyl groups is 3. The minimum atomic E-state index is -1.67. The lowest BCUT2D eigenvalue weighted by Crippen LogP contribution is -2.60. The van der Waals surface area contributed by atoms with E-state index in [4.69, 9.17) is 28.4 Å². The molecule has 0 aromatic heterocycles. The number of Topliss-reactive ketones (excluding diaryl/α,β-unsaturated/α-hetero) is 1. The fraction of sp³-hybridized carbons (Fsp3) is 0.944. The molecule has 0 bridgehead atoms. The Bertz CT molecular complexity index is 1060. The molecule has 0 amide bonds. The molecule has 3 fully saturated rings. The van der Waals surface area contributed by atoms with Crippen LogP contribution in [0.2, 0.25) is 0 Å². The van der Waals surface area contributed by atoms with Crippen molar-refractivity contribution in [2.24, 2.45) is 29.6 Å². The minimum Gasteiger partial charge on any atom is -0.462 e. The lowest BCUT2D eigenvalue weighted by molar-refractivity contribution is -0.306. The smallest absolute Gasteiger partial charge is 0.311 e. The number of nitrogens with one attached hydrogen (secondary N) is 1. The number of ketones is 1. The van der Waals surface area contributed by atoms with Gasteiger partial charge in [0.05, 0.1) is 47.6 Å². The number of cyclic esters (lactones) is 1. The molecular weight excluding hydrogens is 622 g/mol. The molecule has 4 N–H and O–H groups in total. The first kappa shape index (κ1) is 41.2. The topological polar surface area (TPSA) is 162 Å². The average Bonchev–Trinajstić information content (AvgIpc) is 3.02. The number of rotatable bonds is 7. The van der Waals surface area contributed by atoms with E-state index in [1.54, 1.807) is 48.8 Å². The first-order valence-corrected chi connectivity index (χ1v) is 18.0. The lowest BCUT2D eigenvalue weighted by atomic mass is 9.74. The molecule has 0 saturated carbocycles. The van der Waals surface area contributed by atoms with E-state index in [0.717, 1.165) is 0 Å². The van der Waals surface area contributed by atoms with Crippen LogP contribution in [0.4, 0.5) is 0 Å². The van der Waals surface area contributed by atoms with Gasteiger partial charge in [-0.3, -0.25) is 9.59 Å². The van der Waals surface area contributed by atoms with Crippen LogP contribution in [0.3, 0.4) is 0 Å². The highest BCUT2D eigenvalue weighted by atomic mass is 16.7. The van der Waals surface area contributed by atoms with Gasteiger partial charge in [-0.15, -0.1) is 0 Å². The first-order valence-electron chi connectivity index (χ1n) is 18.0. The van der Waals surface area contributed by atoms with E-state index in [9.17, 15) is 24.9 Å². The molecule has 12 heteroatoms. The molecule has 0 aliphatic carbocycles. The number of ether oxygens (including phenoxy) is 6. The number of carbonyl (C=O) groups excluding carboxylic acids is 2. The van der Waals surface area contributed by atoms with Gasteiger partial charge in [0.2, 0.25) is 0 Å². The maximum Gasteiger partial charge on any atom is 0.311 e. The SMILES string of the molecule is CC[C@@H]1OC(=O)[C@H](C)[C@@H](O[C@H]2C[C@@](C)(OC)C[C@H](C)O2)[C@@H](C)[C@@H](O[C@@H]2O[C@H](C)C[C@H](NC)[C@H]2O)[C@](C)(O)C[C@@H](C)C(=O)[C@@H](C)[C@@H](O)[C@H]1C. The highest BCUT2D eigenvalue weighted by Gasteiger charge is 2.51. The average molecular weight is 688 g/mol. The molecule has 3 aliphatic rings.